The normalized spacial score (nSPS) is 14.1. The number of H-pyrrole nitrogens is 1. The minimum Gasteiger partial charge on any atom is -0.383 e. The van der Waals surface area contributed by atoms with Crippen molar-refractivity contribution in [3.8, 4) is 0 Å². The number of hydrogen-bond acceptors (Lipinski definition) is 4. The molecule has 3 aromatic carbocycles. The predicted octanol–water partition coefficient (Wildman–Crippen LogP) is 4.66. The molecule has 1 aliphatic rings. The Bertz CT molecular complexity index is 1170. The summed E-state index contributed by atoms with van der Waals surface area (Å²) in [4.78, 5) is 0. The van der Waals surface area contributed by atoms with Crippen molar-refractivity contribution in [2.24, 2.45) is 9.51 Å². The van der Waals surface area contributed by atoms with Crippen LogP contribution >= 0.6 is 19.6 Å². The fraction of sp³-hybridized carbons (Fsp3) is 0. The van der Waals surface area contributed by atoms with Crippen molar-refractivity contribution in [2.75, 3.05) is 5.73 Å². The van der Waals surface area contributed by atoms with Crippen molar-refractivity contribution >= 4 is 47.6 Å². The molecule has 29 heavy (non-hydrogen) atoms. The highest BCUT2D eigenvalue weighted by Crippen LogP contribution is 2.55. The van der Waals surface area contributed by atoms with Gasteiger partial charge in [-0.25, -0.2) is 9.51 Å². The molecule has 7 heteroatoms. The molecule has 3 N–H and O–H groups in total. The third-order valence-electron chi connectivity index (χ3n) is 4.78. The molecule has 1 aliphatic heterocycles. The van der Waals surface area contributed by atoms with Crippen molar-refractivity contribution in [3.63, 3.8) is 0 Å². The lowest BCUT2D eigenvalue weighted by Crippen LogP contribution is -2.19. The average Bonchev–Trinajstić information content (AvgIpc) is 3.15. The first-order chi connectivity index (χ1) is 13.8. The number of nitrogens with one attached hydrogen (secondary N) is 1. The summed E-state index contributed by atoms with van der Waals surface area (Å²) in [6, 6.07) is 30.6. The number of nitrogens with zero attached hydrogens (tertiary/aromatic N) is 3. The Balaban J connectivity index is 0.00000205. The third kappa shape index (κ3) is 3.19. The fourth-order valence-corrected chi connectivity index (χ4v) is 6.36. The molecule has 5 rings (SSSR count). The van der Waals surface area contributed by atoms with E-state index in [4.69, 9.17) is 15.2 Å². The Morgan fingerprint density at radius 3 is 1.79 bits per heavy atom. The summed E-state index contributed by atoms with van der Waals surface area (Å²) in [7, 11) is -2.46. The Morgan fingerprint density at radius 1 is 0.724 bits per heavy atom. The summed E-state index contributed by atoms with van der Waals surface area (Å²) in [6.07, 6.45) is 0. The highest BCUT2D eigenvalue weighted by molar-refractivity contribution is 7.80. The van der Waals surface area contributed by atoms with Crippen LogP contribution in [0.4, 0.5) is 11.6 Å². The molecule has 1 aromatic heterocycles. The second kappa shape index (κ2) is 7.70. The highest BCUT2D eigenvalue weighted by atomic mass is 35.5. The van der Waals surface area contributed by atoms with E-state index < -0.39 is 7.21 Å². The van der Waals surface area contributed by atoms with Gasteiger partial charge in [-0.15, -0.1) is 12.4 Å². The number of halogens is 1. The maximum atomic E-state index is 6.21. The Labute approximate surface area is 175 Å². The first-order valence-corrected chi connectivity index (χ1v) is 10.7. The molecule has 0 spiro atoms. The molecule has 0 amide bonds. The van der Waals surface area contributed by atoms with Crippen molar-refractivity contribution in [1.29, 1.82) is 0 Å². The molecule has 4 aromatic rings. The number of nitrogen functional groups attached to an aromatic ring is 1. The molecule has 0 aliphatic carbocycles. The van der Waals surface area contributed by atoms with Crippen LogP contribution in [0.15, 0.2) is 101 Å². The topological polar surface area (TPSA) is 79.4 Å². The van der Waals surface area contributed by atoms with Crippen LogP contribution in [0.3, 0.4) is 0 Å². The van der Waals surface area contributed by atoms with Crippen LogP contribution in [0.1, 0.15) is 11.1 Å². The quantitative estimate of drug-likeness (QED) is 0.473. The van der Waals surface area contributed by atoms with Crippen LogP contribution in [0.2, 0.25) is 0 Å². The van der Waals surface area contributed by atoms with E-state index in [1.165, 1.54) is 0 Å². The van der Waals surface area contributed by atoms with Gasteiger partial charge >= 0.3 is 0 Å². The molecular weight excluding hydrogens is 401 g/mol. The minimum absolute atomic E-state index is 0. The van der Waals surface area contributed by atoms with Crippen molar-refractivity contribution in [1.82, 2.24) is 10.2 Å². The molecule has 0 bridgehead atoms. The van der Waals surface area contributed by atoms with E-state index >= 15 is 0 Å². The number of benzene rings is 3. The Hall–Kier alpha value is -3.14. The Kier molecular flexibility index (Phi) is 5.10. The number of nitrogens with two attached hydrogens (primary N) is 1. The van der Waals surface area contributed by atoms with Crippen LogP contribution in [-0.2, 0) is 0 Å². The zero-order valence-electron chi connectivity index (χ0n) is 15.4. The molecule has 0 saturated heterocycles. The number of aromatic nitrogens is 2. The number of hydrogen-bond donors (Lipinski definition) is 2. The first kappa shape index (κ1) is 19.2. The van der Waals surface area contributed by atoms with E-state index in [1.807, 2.05) is 66.7 Å². The lowest BCUT2D eigenvalue weighted by atomic mass is 10.0. The molecule has 0 unspecified atom stereocenters. The van der Waals surface area contributed by atoms with Gasteiger partial charge in [0, 0.05) is 16.2 Å². The van der Waals surface area contributed by atoms with Gasteiger partial charge in [-0.05, 0) is 0 Å². The van der Waals surface area contributed by atoms with Crippen LogP contribution < -0.4 is 16.3 Å². The van der Waals surface area contributed by atoms with Gasteiger partial charge in [-0.2, -0.15) is 5.10 Å². The standard InChI is InChI=1S/C22H18N5P.ClH/c23-21-19-20(16-10-4-1-5-11-16)26-28(27-22(19)25-24-21,17-12-6-2-7-13-17)18-14-8-3-9-15-18;/h1-15H,(H3,23,24,25);1H. The van der Waals surface area contributed by atoms with Crippen molar-refractivity contribution in [3.05, 3.63) is 102 Å². The smallest absolute Gasteiger partial charge is 0.186 e. The van der Waals surface area contributed by atoms with Crippen LogP contribution in [-0.4, -0.2) is 15.9 Å². The maximum absolute atomic E-state index is 6.21. The van der Waals surface area contributed by atoms with Gasteiger partial charge in [-0.3, -0.25) is 5.10 Å². The van der Waals surface area contributed by atoms with Gasteiger partial charge in [0.1, 0.15) is 13.0 Å². The molecule has 0 fully saturated rings. The molecule has 2 heterocycles. The third-order valence-corrected chi connectivity index (χ3v) is 7.78. The summed E-state index contributed by atoms with van der Waals surface area (Å²) in [5.74, 6) is 1.10. The average molecular weight is 420 g/mol. The van der Waals surface area contributed by atoms with E-state index in [2.05, 4.69) is 34.5 Å². The fourth-order valence-electron chi connectivity index (χ4n) is 3.46. The van der Waals surface area contributed by atoms with E-state index in [0.717, 1.165) is 27.4 Å². The zero-order valence-corrected chi connectivity index (χ0v) is 17.1. The van der Waals surface area contributed by atoms with Gasteiger partial charge in [0.25, 0.3) is 0 Å². The lowest BCUT2D eigenvalue weighted by molar-refractivity contribution is 1.09. The predicted molar refractivity (Wildman–Crippen MR) is 123 cm³/mol. The molecule has 5 nitrogen and oxygen atoms in total. The number of rotatable bonds is 3. The highest BCUT2D eigenvalue weighted by Gasteiger charge is 2.33. The largest absolute Gasteiger partial charge is 0.383 e. The lowest BCUT2D eigenvalue weighted by Gasteiger charge is -2.26. The van der Waals surface area contributed by atoms with Crippen molar-refractivity contribution < 1.29 is 0 Å². The number of aromatic amines is 1. The summed E-state index contributed by atoms with van der Waals surface area (Å²) in [6.45, 7) is 0. The molecular formula is C22H19ClN5P. The van der Waals surface area contributed by atoms with Crippen LogP contribution in [0, 0.1) is 0 Å². The van der Waals surface area contributed by atoms with Gasteiger partial charge in [0.15, 0.2) is 5.82 Å². The SMILES string of the molecule is Cl.Nc1[nH]nc2c1C(c1ccccc1)=NP(c1ccccc1)(c1ccccc1)=N2. The van der Waals surface area contributed by atoms with Crippen molar-refractivity contribution in [2.45, 2.75) is 0 Å². The van der Waals surface area contributed by atoms with E-state index in [0.29, 0.717) is 11.6 Å². The zero-order chi connectivity index (χ0) is 19.0. The summed E-state index contributed by atoms with van der Waals surface area (Å²) in [5.41, 5.74) is 8.81. The summed E-state index contributed by atoms with van der Waals surface area (Å²) < 4.78 is 10.4. The monoisotopic (exact) mass is 419 g/mol. The molecule has 144 valence electrons. The number of anilines is 1. The van der Waals surface area contributed by atoms with Gasteiger partial charge in [0.05, 0.1) is 11.3 Å². The van der Waals surface area contributed by atoms with E-state index in [-0.39, 0.29) is 12.4 Å². The Morgan fingerprint density at radius 2 is 1.24 bits per heavy atom. The maximum Gasteiger partial charge on any atom is 0.186 e. The first-order valence-electron chi connectivity index (χ1n) is 9.01. The van der Waals surface area contributed by atoms with Gasteiger partial charge in [-0.1, -0.05) is 91.0 Å². The second-order valence-electron chi connectivity index (χ2n) is 6.52. The van der Waals surface area contributed by atoms with E-state index in [1.54, 1.807) is 0 Å². The molecule has 0 radical (unpaired) electrons. The summed E-state index contributed by atoms with van der Waals surface area (Å²) >= 11 is 0. The van der Waals surface area contributed by atoms with Crippen LogP contribution in [0.25, 0.3) is 0 Å². The van der Waals surface area contributed by atoms with Crippen LogP contribution in [0.5, 0.6) is 0 Å². The minimum atomic E-state index is -2.46. The molecule has 0 atom stereocenters. The summed E-state index contributed by atoms with van der Waals surface area (Å²) in [5, 5.41) is 9.47. The van der Waals surface area contributed by atoms with Gasteiger partial charge in [0.2, 0.25) is 0 Å². The number of fused-ring (bicyclic) bond motifs is 1. The van der Waals surface area contributed by atoms with E-state index in [9.17, 15) is 0 Å². The van der Waals surface area contributed by atoms with Gasteiger partial charge < -0.3 is 5.73 Å². The molecule has 0 saturated carbocycles. The second-order valence-corrected chi connectivity index (χ2v) is 9.16.